The number of nitrogens with one attached hydrogen (secondary N) is 1. The quantitative estimate of drug-likeness (QED) is 0.678. The van der Waals surface area contributed by atoms with Crippen LogP contribution in [0.4, 0.5) is 5.95 Å². The Morgan fingerprint density at radius 1 is 1.20 bits per heavy atom. The highest BCUT2D eigenvalue weighted by Crippen LogP contribution is 2.26. The highest BCUT2D eigenvalue weighted by Gasteiger charge is 2.30. The summed E-state index contributed by atoms with van der Waals surface area (Å²) >= 11 is 0. The average molecular weight is 407 g/mol. The first-order valence-electron chi connectivity index (χ1n) is 10.8. The molecule has 0 unspecified atom stereocenters. The van der Waals surface area contributed by atoms with Gasteiger partial charge in [-0.05, 0) is 43.4 Å². The number of imidazole rings is 1. The Morgan fingerprint density at radius 2 is 1.97 bits per heavy atom. The molecule has 2 aromatic heterocycles. The number of aromatic nitrogens is 4. The maximum Gasteiger partial charge on any atom is 0.225 e. The van der Waals surface area contributed by atoms with E-state index in [9.17, 15) is 4.79 Å². The molecule has 2 atom stereocenters. The number of carbonyl (C=O) groups is 1. The molecule has 3 aromatic rings. The molecule has 3 heterocycles. The predicted octanol–water partition coefficient (Wildman–Crippen LogP) is 3.48. The fraction of sp³-hybridized carbons (Fsp3) is 0.478. The van der Waals surface area contributed by atoms with Gasteiger partial charge in [-0.2, -0.15) is 0 Å². The summed E-state index contributed by atoms with van der Waals surface area (Å²) in [5.74, 6) is 2.07. The number of hydrogen-bond acceptors (Lipinski definition) is 5. The summed E-state index contributed by atoms with van der Waals surface area (Å²) < 4.78 is 2.10. The van der Waals surface area contributed by atoms with Crippen molar-refractivity contribution in [2.75, 3.05) is 18.0 Å². The maximum absolute atomic E-state index is 13.3. The van der Waals surface area contributed by atoms with Gasteiger partial charge in [-0.3, -0.25) is 4.79 Å². The molecule has 158 valence electrons. The van der Waals surface area contributed by atoms with Gasteiger partial charge in [-0.25, -0.2) is 15.0 Å². The number of aryl methyl sites for hydroxylation is 1. The lowest BCUT2D eigenvalue weighted by Gasteiger charge is -2.33. The van der Waals surface area contributed by atoms with E-state index in [-0.39, 0.29) is 17.9 Å². The van der Waals surface area contributed by atoms with Crippen LogP contribution in [0, 0.1) is 11.8 Å². The summed E-state index contributed by atoms with van der Waals surface area (Å²) in [4.78, 5) is 28.9. The zero-order valence-corrected chi connectivity index (χ0v) is 18.0. The fourth-order valence-electron chi connectivity index (χ4n) is 4.29. The van der Waals surface area contributed by atoms with E-state index >= 15 is 0 Å². The van der Waals surface area contributed by atoms with Crippen molar-refractivity contribution in [2.45, 2.75) is 39.2 Å². The minimum absolute atomic E-state index is 0.0769. The van der Waals surface area contributed by atoms with Crippen molar-refractivity contribution < 1.29 is 4.79 Å². The van der Waals surface area contributed by atoms with Crippen LogP contribution in [0.15, 0.2) is 42.7 Å². The number of rotatable bonds is 6. The summed E-state index contributed by atoms with van der Waals surface area (Å²) in [6, 6.07) is 9.80. The van der Waals surface area contributed by atoms with E-state index < -0.39 is 0 Å². The first-order valence-corrected chi connectivity index (χ1v) is 10.8. The number of carbonyl (C=O) groups excluding carboxylic acids is 1. The van der Waals surface area contributed by atoms with Crippen molar-refractivity contribution >= 4 is 22.9 Å². The molecule has 0 bridgehead atoms. The van der Waals surface area contributed by atoms with Crippen molar-refractivity contribution in [1.29, 1.82) is 0 Å². The number of nitrogens with zero attached hydrogens (tertiary/aromatic N) is 5. The molecule has 7 nitrogen and oxygen atoms in total. The summed E-state index contributed by atoms with van der Waals surface area (Å²) in [7, 11) is 2.03. The molecular weight excluding hydrogens is 376 g/mol. The van der Waals surface area contributed by atoms with Gasteiger partial charge in [0, 0.05) is 32.5 Å². The lowest BCUT2D eigenvalue weighted by molar-refractivity contribution is -0.126. The van der Waals surface area contributed by atoms with Gasteiger partial charge in [0.25, 0.3) is 0 Å². The molecule has 0 aliphatic carbocycles. The van der Waals surface area contributed by atoms with E-state index in [4.69, 9.17) is 4.98 Å². The maximum atomic E-state index is 13.3. The van der Waals surface area contributed by atoms with Crippen molar-refractivity contribution in [3.63, 3.8) is 0 Å². The molecule has 1 N–H and O–H groups in total. The SMILES string of the molecule is CC(C)C[C@H](NC(=O)[C@H]1CCCN(c2ncccn2)C1)c1nc2ccccc2n1C. The van der Waals surface area contributed by atoms with Crippen LogP contribution in [0.2, 0.25) is 0 Å². The third-order valence-corrected chi connectivity index (χ3v) is 5.78. The first kappa shape index (κ1) is 20.3. The van der Waals surface area contributed by atoms with Gasteiger partial charge in [-0.1, -0.05) is 26.0 Å². The number of fused-ring (bicyclic) bond motifs is 1. The van der Waals surface area contributed by atoms with E-state index in [0.717, 1.165) is 42.7 Å². The number of hydrogen-bond donors (Lipinski definition) is 1. The third-order valence-electron chi connectivity index (χ3n) is 5.78. The molecule has 0 radical (unpaired) electrons. The molecule has 1 amide bonds. The van der Waals surface area contributed by atoms with Crippen LogP contribution in [-0.4, -0.2) is 38.5 Å². The van der Waals surface area contributed by atoms with Gasteiger partial charge in [0.15, 0.2) is 0 Å². The smallest absolute Gasteiger partial charge is 0.225 e. The molecule has 1 aliphatic heterocycles. The highest BCUT2D eigenvalue weighted by molar-refractivity contribution is 5.80. The average Bonchev–Trinajstić information content (AvgIpc) is 3.10. The van der Waals surface area contributed by atoms with Gasteiger partial charge in [0.1, 0.15) is 5.82 Å². The Hall–Kier alpha value is -2.96. The van der Waals surface area contributed by atoms with Crippen molar-refractivity contribution in [2.24, 2.45) is 18.9 Å². The van der Waals surface area contributed by atoms with E-state index in [1.54, 1.807) is 12.4 Å². The van der Waals surface area contributed by atoms with Crippen LogP contribution in [0.1, 0.15) is 45.0 Å². The topological polar surface area (TPSA) is 75.9 Å². The molecular formula is C23H30N6O. The Morgan fingerprint density at radius 3 is 2.70 bits per heavy atom. The van der Waals surface area contributed by atoms with Crippen molar-refractivity contribution in [3.8, 4) is 0 Å². The molecule has 4 rings (SSSR count). The number of benzene rings is 1. The summed E-state index contributed by atoms with van der Waals surface area (Å²) in [6.07, 6.45) is 6.18. The van der Waals surface area contributed by atoms with Gasteiger partial charge in [-0.15, -0.1) is 0 Å². The third kappa shape index (κ3) is 4.30. The van der Waals surface area contributed by atoms with Gasteiger partial charge in [0.05, 0.1) is 23.0 Å². The number of anilines is 1. The molecule has 7 heteroatoms. The summed E-state index contributed by atoms with van der Waals surface area (Å²) in [5, 5.41) is 3.32. The molecule has 30 heavy (non-hydrogen) atoms. The molecule has 1 aliphatic rings. The summed E-state index contributed by atoms with van der Waals surface area (Å²) in [6.45, 7) is 5.88. The van der Waals surface area contributed by atoms with Gasteiger partial charge >= 0.3 is 0 Å². The van der Waals surface area contributed by atoms with Crippen LogP contribution in [0.5, 0.6) is 0 Å². The van der Waals surface area contributed by atoms with Crippen LogP contribution >= 0.6 is 0 Å². The lowest BCUT2D eigenvalue weighted by atomic mass is 9.96. The molecule has 0 saturated carbocycles. The minimum Gasteiger partial charge on any atom is -0.346 e. The zero-order chi connectivity index (χ0) is 21.1. The lowest BCUT2D eigenvalue weighted by Crippen LogP contribution is -2.45. The predicted molar refractivity (Wildman–Crippen MR) is 118 cm³/mol. The minimum atomic E-state index is -0.113. The largest absolute Gasteiger partial charge is 0.346 e. The number of amides is 1. The molecule has 0 spiro atoms. The van der Waals surface area contributed by atoms with Crippen LogP contribution in [0.25, 0.3) is 11.0 Å². The molecule has 1 saturated heterocycles. The van der Waals surface area contributed by atoms with Gasteiger partial charge in [0.2, 0.25) is 11.9 Å². The van der Waals surface area contributed by atoms with E-state index in [1.165, 1.54) is 0 Å². The normalized spacial score (nSPS) is 18.0. The number of piperidine rings is 1. The Bertz CT molecular complexity index is 999. The standard InChI is InChI=1S/C23H30N6O/c1-16(2)14-19(21-26-18-9-4-5-10-20(18)28(21)3)27-22(30)17-8-6-13-29(15-17)23-24-11-7-12-25-23/h4-5,7,9-12,16-17,19H,6,8,13-15H2,1-3H3,(H,27,30)/t17-,19-/m0/s1. The van der Waals surface area contributed by atoms with Gasteiger partial charge < -0.3 is 14.8 Å². The monoisotopic (exact) mass is 406 g/mol. The number of para-hydroxylation sites is 2. The fourth-order valence-corrected chi connectivity index (χ4v) is 4.29. The van der Waals surface area contributed by atoms with Crippen molar-refractivity contribution in [3.05, 3.63) is 48.5 Å². The Balaban J connectivity index is 1.52. The van der Waals surface area contributed by atoms with Crippen LogP contribution in [-0.2, 0) is 11.8 Å². The first-order chi connectivity index (χ1) is 14.5. The zero-order valence-electron chi connectivity index (χ0n) is 18.0. The van der Waals surface area contributed by atoms with E-state index in [0.29, 0.717) is 18.4 Å². The second-order valence-electron chi connectivity index (χ2n) is 8.54. The van der Waals surface area contributed by atoms with Crippen molar-refractivity contribution in [1.82, 2.24) is 24.8 Å². The highest BCUT2D eigenvalue weighted by atomic mass is 16.2. The second kappa shape index (κ2) is 8.81. The van der Waals surface area contributed by atoms with Crippen LogP contribution in [0.3, 0.4) is 0 Å². The Kier molecular flexibility index (Phi) is 5.97. The Labute approximate surface area is 177 Å². The molecule has 1 fully saturated rings. The van der Waals surface area contributed by atoms with Crippen LogP contribution < -0.4 is 10.2 Å². The van der Waals surface area contributed by atoms with E-state index in [1.807, 2.05) is 31.3 Å². The second-order valence-corrected chi connectivity index (χ2v) is 8.54. The summed E-state index contributed by atoms with van der Waals surface area (Å²) in [5.41, 5.74) is 2.05. The van der Waals surface area contributed by atoms with E-state index in [2.05, 4.69) is 44.7 Å². The molecule has 1 aromatic carbocycles.